The van der Waals surface area contributed by atoms with Crippen LogP contribution in [0.15, 0.2) is 0 Å². The van der Waals surface area contributed by atoms with Gasteiger partial charge in [-0.2, -0.15) is 0 Å². The van der Waals surface area contributed by atoms with Crippen molar-refractivity contribution >= 4 is 11.9 Å². The third-order valence-electron chi connectivity index (χ3n) is 5.20. The van der Waals surface area contributed by atoms with Gasteiger partial charge in [-0.25, -0.2) is 4.79 Å². The van der Waals surface area contributed by atoms with Crippen molar-refractivity contribution in [2.24, 2.45) is 23.5 Å². The highest BCUT2D eigenvalue weighted by Gasteiger charge is 2.51. The molecule has 3 amide bonds. The molecule has 0 aliphatic heterocycles. The van der Waals surface area contributed by atoms with Crippen LogP contribution in [0.25, 0.3) is 0 Å². The zero-order valence-corrected chi connectivity index (χ0v) is 11.4. The number of nitrogens with one attached hydrogen (secondary N) is 2. The van der Waals surface area contributed by atoms with Crippen LogP contribution >= 0.6 is 0 Å². The fourth-order valence-electron chi connectivity index (χ4n) is 5.04. The van der Waals surface area contributed by atoms with Crippen molar-refractivity contribution in [3.05, 3.63) is 0 Å². The molecule has 5 heteroatoms. The second-order valence-corrected chi connectivity index (χ2v) is 6.92. The Bertz CT molecular complexity index is 372. The van der Waals surface area contributed by atoms with Gasteiger partial charge < -0.3 is 11.1 Å². The number of rotatable bonds is 3. The van der Waals surface area contributed by atoms with Gasteiger partial charge >= 0.3 is 6.03 Å². The molecular weight excluding hydrogens is 242 g/mol. The van der Waals surface area contributed by atoms with E-state index in [0.29, 0.717) is 0 Å². The Labute approximate surface area is 113 Å². The average molecular weight is 265 g/mol. The molecule has 0 aromatic heterocycles. The highest BCUT2D eigenvalue weighted by molar-refractivity contribution is 5.96. The van der Waals surface area contributed by atoms with E-state index in [1.165, 1.54) is 38.5 Å². The van der Waals surface area contributed by atoms with Crippen LogP contribution in [0.4, 0.5) is 4.79 Å². The molecule has 0 radical (unpaired) electrons. The first-order chi connectivity index (χ1) is 8.96. The van der Waals surface area contributed by atoms with E-state index in [0.717, 1.165) is 17.8 Å². The summed E-state index contributed by atoms with van der Waals surface area (Å²) in [5, 5.41) is 5.67. The number of primary amides is 1. The summed E-state index contributed by atoms with van der Waals surface area (Å²) in [5.41, 5.74) is 5.12. The van der Waals surface area contributed by atoms with Crippen LogP contribution in [0.5, 0.6) is 0 Å². The summed E-state index contributed by atoms with van der Waals surface area (Å²) in [6, 6.07) is -1.13. The number of amides is 3. The summed E-state index contributed by atoms with van der Waals surface area (Å²) in [6.07, 6.45) is 7.70. The van der Waals surface area contributed by atoms with Gasteiger partial charge in [-0.1, -0.05) is 0 Å². The number of carbonyl (C=O) groups is 2. The quantitative estimate of drug-likeness (QED) is 0.715. The maximum absolute atomic E-state index is 11.8. The lowest BCUT2D eigenvalue weighted by Crippen LogP contribution is -2.62. The first-order valence-corrected chi connectivity index (χ1v) is 7.34. The first kappa shape index (κ1) is 12.9. The van der Waals surface area contributed by atoms with Gasteiger partial charge in [0, 0.05) is 5.54 Å². The minimum atomic E-state index is -0.774. The number of hydrogen-bond acceptors (Lipinski definition) is 3. The molecule has 4 aliphatic rings. The van der Waals surface area contributed by atoms with Gasteiger partial charge in [0.1, 0.15) is 0 Å². The summed E-state index contributed by atoms with van der Waals surface area (Å²) in [4.78, 5) is 22.5. The number of nitrogens with two attached hydrogens (primary N) is 1. The summed E-state index contributed by atoms with van der Waals surface area (Å²) in [7, 11) is 0. The molecule has 4 aliphatic carbocycles. The highest BCUT2D eigenvalue weighted by atomic mass is 16.2. The van der Waals surface area contributed by atoms with Crippen molar-refractivity contribution in [2.75, 3.05) is 0 Å². The van der Waals surface area contributed by atoms with Crippen LogP contribution in [0.1, 0.15) is 45.4 Å². The van der Waals surface area contributed by atoms with E-state index in [4.69, 9.17) is 5.73 Å². The lowest BCUT2D eigenvalue weighted by atomic mass is 9.53. The Kier molecular flexibility index (Phi) is 3.04. The molecule has 106 valence electrons. The Balaban J connectivity index is 1.66. The van der Waals surface area contributed by atoms with Crippen molar-refractivity contribution in [1.82, 2.24) is 10.6 Å². The molecule has 4 bridgehead atoms. The van der Waals surface area contributed by atoms with Gasteiger partial charge in [0.2, 0.25) is 5.91 Å². The van der Waals surface area contributed by atoms with Crippen molar-refractivity contribution in [3.63, 3.8) is 0 Å². The van der Waals surface area contributed by atoms with E-state index < -0.39 is 6.03 Å². The monoisotopic (exact) mass is 265 g/mol. The zero-order valence-electron chi connectivity index (χ0n) is 11.4. The van der Waals surface area contributed by atoms with Crippen molar-refractivity contribution in [3.8, 4) is 0 Å². The predicted octanol–water partition coefficient (Wildman–Crippen LogP) is 1.13. The Morgan fingerprint density at radius 3 is 2.00 bits per heavy atom. The molecule has 1 atom stereocenters. The van der Waals surface area contributed by atoms with Gasteiger partial charge in [-0.05, 0) is 63.2 Å². The number of imide groups is 1. The summed E-state index contributed by atoms with van der Waals surface area (Å²) < 4.78 is 0. The molecule has 4 saturated carbocycles. The molecule has 0 aromatic rings. The van der Waals surface area contributed by atoms with Gasteiger partial charge in [0.25, 0.3) is 0 Å². The Hall–Kier alpha value is -1.10. The van der Waals surface area contributed by atoms with E-state index in [1.54, 1.807) is 0 Å². The number of carbonyl (C=O) groups excluding carboxylic acids is 2. The third kappa shape index (κ3) is 2.48. The van der Waals surface area contributed by atoms with Gasteiger partial charge in [-0.15, -0.1) is 0 Å². The van der Waals surface area contributed by atoms with E-state index in [1.807, 2.05) is 6.92 Å². The maximum atomic E-state index is 11.8. The second-order valence-electron chi connectivity index (χ2n) is 6.92. The van der Waals surface area contributed by atoms with Crippen LogP contribution in [-0.4, -0.2) is 23.5 Å². The standard InChI is InChI=1S/C14H23N3O2/c1-8(12(18)16-13(15)19)17-14-5-9-2-10(6-14)4-11(3-9)7-14/h8-11,17H,2-7H2,1H3,(H3,15,16,18,19)/t8-,9?,10?,11?,14?/m0/s1. The van der Waals surface area contributed by atoms with Crippen LogP contribution in [0, 0.1) is 17.8 Å². The fraction of sp³-hybridized carbons (Fsp3) is 0.857. The van der Waals surface area contributed by atoms with E-state index in [-0.39, 0.29) is 17.5 Å². The molecular formula is C14H23N3O2. The first-order valence-electron chi connectivity index (χ1n) is 7.34. The SMILES string of the molecule is C[C@H](NC12CC3CC(CC(C3)C1)C2)C(=O)NC(N)=O. The minimum absolute atomic E-state index is 0.128. The Morgan fingerprint density at radius 1 is 1.11 bits per heavy atom. The second kappa shape index (κ2) is 4.47. The molecule has 0 saturated heterocycles. The van der Waals surface area contributed by atoms with Gasteiger partial charge in [-0.3, -0.25) is 10.1 Å². The molecule has 19 heavy (non-hydrogen) atoms. The summed E-state index contributed by atoms with van der Waals surface area (Å²) in [6.45, 7) is 1.82. The van der Waals surface area contributed by atoms with Gasteiger partial charge in [0.05, 0.1) is 6.04 Å². The maximum Gasteiger partial charge on any atom is 0.318 e. The lowest BCUT2D eigenvalue weighted by molar-refractivity contribution is -0.123. The highest BCUT2D eigenvalue weighted by Crippen LogP contribution is 2.55. The molecule has 0 unspecified atom stereocenters. The molecule has 5 nitrogen and oxygen atoms in total. The predicted molar refractivity (Wildman–Crippen MR) is 71.2 cm³/mol. The average Bonchev–Trinajstić information content (AvgIpc) is 2.24. The van der Waals surface area contributed by atoms with Crippen molar-refractivity contribution < 1.29 is 9.59 Å². The minimum Gasteiger partial charge on any atom is -0.351 e. The summed E-state index contributed by atoms with van der Waals surface area (Å²) >= 11 is 0. The van der Waals surface area contributed by atoms with E-state index in [9.17, 15) is 9.59 Å². The molecule has 4 rings (SSSR count). The van der Waals surface area contributed by atoms with Crippen LogP contribution < -0.4 is 16.4 Å². The molecule has 0 aromatic carbocycles. The fourth-order valence-corrected chi connectivity index (χ4v) is 5.04. The van der Waals surface area contributed by atoms with Crippen LogP contribution in [0.3, 0.4) is 0 Å². The van der Waals surface area contributed by atoms with Gasteiger partial charge in [0.15, 0.2) is 0 Å². The molecule has 0 spiro atoms. The van der Waals surface area contributed by atoms with Crippen LogP contribution in [-0.2, 0) is 4.79 Å². The third-order valence-corrected chi connectivity index (χ3v) is 5.20. The molecule has 4 fully saturated rings. The largest absolute Gasteiger partial charge is 0.351 e. The van der Waals surface area contributed by atoms with Crippen LogP contribution in [0.2, 0.25) is 0 Å². The van der Waals surface area contributed by atoms with E-state index in [2.05, 4.69) is 10.6 Å². The number of urea groups is 1. The van der Waals surface area contributed by atoms with Crippen molar-refractivity contribution in [1.29, 1.82) is 0 Å². The molecule has 0 heterocycles. The van der Waals surface area contributed by atoms with Crippen molar-refractivity contribution in [2.45, 2.75) is 57.0 Å². The molecule has 4 N–H and O–H groups in total. The summed E-state index contributed by atoms with van der Waals surface area (Å²) in [5.74, 6) is 2.20. The lowest BCUT2D eigenvalue weighted by Gasteiger charge is -2.57. The topological polar surface area (TPSA) is 84.2 Å². The van der Waals surface area contributed by atoms with E-state index >= 15 is 0 Å². The number of hydrogen-bond donors (Lipinski definition) is 3. The Morgan fingerprint density at radius 2 is 1.58 bits per heavy atom. The zero-order chi connectivity index (χ0) is 13.6. The smallest absolute Gasteiger partial charge is 0.318 e. The normalized spacial score (nSPS) is 41.0.